The Balaban J connectivity index is 1.11. The van der Waals surface area contributed by atoms with Gasteiger partial charge in [0, 0.05) is 24.3 Å². The fourth-order valence-corrected chi connectivity index (χ4v) is 5.78. The van der Waals surface area contributed by atoms with E-state index >= 15 is 0 Å². The van der Waals surface area contributed by atoms with E-state index in [1.54, 1.807) is 6.20 Å². The van der Waals surface area contributed by atoms with Gasteiger partial charge in [-0.3, -0.25) is 9.78 Å². The number of fused-ring (bicyclic) bond motifs is 5. The number of anilines is 1. The molecule has 202 valence electrons. The number of rotatable bonds is 9. The van der Waals surface area contributed by atoms with E-state index in [1.165, 1.54) is 0 Å². The van der Waals surface area contributed by atoms with Crippen molar-refractivity contribution in [3.05, 3.63) is 47.3 Å². The van der Waals surface area contributed by atoms with Gasteiger partial charge in [0.25, 0.3) is 5.91 Å². The maximum Gasteiger partial charge on any atom is 0.263 e. The molecule has 39 heavy (non-hydrogen) atoms. The predicted molar refractivity (Wildman–Crippen MR) is 143 cm³/mol. The first-order chi connectivity index (χ1) is 19.0. The predicted octanol–water partition coefficient (Wildman–Crippen LogP) is 3.82. The molecule has 3 aromatic heterocycles. The van der Waals surface area contributed by atoms with Crippen LogP contribution in [0.3, 0.4) is 0 Å². The van der Waals surface area contributed by atoms with Gasteiger partial charge >= 0.3 is 0 Å². The van der Waals surface area contributed by atoms with Crippen molar-refractivity contribution in [2.75, 3.05) is 25.1 Å². The zero-order valence-electron chi connectivity index (χ0n) is 22.1. The van der Waals surface area contributed by atoms with Crippen LogP contribution in [0.1, 0.15) is 62.3 Å². The number of aryl methyl sites for hydroxylation is 1. The van der Waals surface area contributed by atoms with Crippen molar-refractivity contribution < 1.29 is 19.0 Å². The largest absolute Gasteiger partial charge is 0.480 e. The van der Waals surface area contributed by atoms with Gasteiger partial charge in [0.2, 0.25) is 5.88 Å². The van der Waals surface area contributed by atoms with Crippen LogP contribution in [0.5, 0.6) is 11.6 Å². The lowest BCUT2D eigenvalue weighted by Gasteiger charge is -2.53. The van der Waals surface area contributed by atoms with Crippen molar-refractivity contribution in [3.63, 3.8) is 0 Å². The first-order valence-electron chi connectivity index (χ1n) is 13.6. The van der Waals surface area contributed by atoms with Crippen molar-refractivity contribution in [3.8, 4) is 17.7 Å². The highest BCUT2D eigenvalue weighted by Crippen LogP contribution is 2.46. The molecule has 0 aromatic carbocycles. The van der Waals surface area contributed by atoms with Gasteiger partial charge < -0.3 is 24.8 Å². The summed E-state index contributed by atoms with van der Waals surface area (Å²) in [6, 6.07) is 9.83. The number of hydrogen-bond acceptors (Lipinski definition) is 9. The Morgan fingerprint density at radius 3 is 2.82 bits per heavy atom. The van der Waals surface area contributed by atoms with Crippen LogP contribution >= 0.6 is 0 Å². The van der Waals surface area contributed by atoms with E-state index < -0.39 is 0 Å². The third-order valence-corrected chi connectivity index (χ3v) is 8.15. The van der Waals surface area contributed by atoms with Crippen LogP contribution in [-0.4, -0.2) is 51.8 Å². The fraction of sp³-hybridized carbons (Fsp3) is 0.483. The Kier molecular flexibility index (Phi) is 6.79. The van der Waals surface area contributed by atoms with Gasteiger partial charge in [-0.15, -0.1) is 0 Å². The van der Waals surface area contributed by atoms with E-state index in [4.69, 9.17) is 19.2 Å². The standard InChI is InChI=1S/C29H32N6O4/c1-2-13-37-25-6-4-22-26(35-25)21(19(14-30)15-31-22)7-8-29-11-9-28(10-12-29,18-39-29)32-16-20-3-5-23-27(33-20)34-24(36)17-38-23/h3-6,15,32H,2,7-13,16-18H2,1H3,(H,33,34,36). The zero-order valence-corrected chi connectivity index (χ0v) is 22.1. The lowest BCUT2D eigenvalue weighted by Crippen LogP contribution is -2.61. The van der Waals surface area contributed by atoms with Gasteiger partial charge in [0.05, 0.1) is 41.1 Å². The molecular weight excluding hydrogens is 496 g/mol. The van der Waals surface area contributed by atoms with E-state index in [0.717, 1.165) is 60.8 Å². The number of amides is 1. The van der Waals surface area contributed by atoms with Crippen molar-refractivity contribution in [2.24, 2.45) is 0 Å². The smallest absolute Gasteiger partial charge is 0.263 e. The van der Waals surface area contributed by atoms with Gasteiger partial charge in [0.15, 0.2) is 18.2 Å². The maximum atomic E-state index is 11.6. The fourth-order valence-electron chi connectivity index (χ4n) is 5.78. The molecule has 1 amide bonds. The Bertz CT molecular complexity index is 1430. The normalized spacial score (nSPS) is 23.5. The zero-order chi connectivity index (χ0) is 26.9. The Morgan fingerprint density at radius 1 is 1.18 bits per heavy atom. The summed E-state index contributed by atoms with van der Waals surface area (Å²) < 4.78 is 17.7. The van der Waals surface area contributed by atoms with Crippen LogP contribution in [0, 0.1) is 11.3 Å². The number of ether oxygens (including phenoxy) is 3. The summed E-state index contributed by atoms with van der Waals surface area (Å²) >= 11 is 0. The minimum absolute atomic E-state index is 0.0224. The highest BCUT2D eigenvalue weighted by molar-refractivity contribution is 5.94. The lowest BCUT2D eigenvalue weighted by molar-refractivity contribution is -0.165. The number of pyridine rings is 3. The van der Waals surface area contributed by atoms with Crippen LogP contribution < -0.4 is 20.1 Å². The Morgan fingerprint density at radius 2 is 2.05 bits per heavy atom. The number of nitriles is 1. The third-order valence-electron chi connectivity index (χ3n) is 8.15. The van der Waals surface area contributed by atoms with Crippen molar-refractivity contribution in [1.82, 2.24) is 20.3 Å². The molecule has 0 atom stereocenters. The topological polar surface area (TPSA) is 131 Å². The second-order valence-electron chi connectivity index (χ2n) is 10.7. The monoisotopic (exact) mass is 528 g/mol. The van der Waals surface area contributed by atoms with Crippen LogP contribution in [0.4, 0.5) is 5.82 Å². The molecule has 6 heterocycles. The molecule has 0 unspecified atom stereocenters. The van der Waals surface area contributed by atoms with Crippen LogP contribution in [0.2, 0.25) is 0 Å². The van der Waals surface area contributed by atoms with E-state index in [9.17, 15) is 10.1 Å². The molecule has 10 nitrogen and oxygen atoms in total. The van der Waals surface area contributed by atoms with Crippen molar-refractivity contribution >= 4 is 22.8 Å². The molecule has 3 aliphatic heterocycles. The lowest BCUT2D eigenvalue weighted by atomic mass is 9.69. The van der Waals surface area contributed by atoms with E-state index in [1.807, 2.05) is 24.3 Å². The number of nitrogens with one attached hydrogen (secondary N) is 2. The molecule has 2 saturated heterocycles. The summed E-state index contributed by atoms with van der Waals surface area (Å²) in [6.07, 6.45) is 7.98. The molecule has 0 radical (unpaired) electrons. The molecule has 0 spiro atoms. The van der Waals surface area contributed by atoms with Gasteiger partial charge in [-0.2, -0.15) is 5.26 Å². The summed E-state index contributed by atoms with van der Waals surface area (Å²) in [6.45, 7) is 3.89. The van der Waals surface area contributed by atoms with Crippen LogP contribution in [-0.2, 0) is 22.5 Å². The second kappa shape index (κ2) is 10.4. The molecule has 3 aromatic rings. The summed E-state index contributed by atoms with van der Waals surface area (Å²) in [7, 11) is 0. The minimum atomic E-state index is -0.201. The third kappa shape index (κ3) is 5.12. The number of carbonyl (C=O) groups excluding carboxylic acids is 1. The van der Waals surface area contributed by atoms with Gasteiger partial charge in [-0.1, -0.05) is 6.92 Å². The minimum Gasteiger partial charge on any atom is -0.480 e. The first kappa shape index (κ1) is 25.5. The SMILES string of the molecule is CCCOc1ccc2ncc(C#N)c(CCC34CCC(NCc5ccc6c(n5)NC(=O)CO6)(CC3)CO4)c2n1. The molecule has 4 aliphatic rings. The van der Waals surface area contributed by atoms with Gasteiger partial charge in [-0.05, 0) is 68.7 Å². The molecule has 2 bridgehead atoms. The maximum absolute atomic E-state index is 11.6. The van der Waals surface area contributed by atoms with Crippen molar-refractivity contribution in [2.45, 2.75) is 69.6 Å². The number of nitrogens with zero attached hydrogens (tertiary/aromatic N) is 4. The second-order valence-corrected chi connectivity index (χ2v) is 10.7. The molecule has 2 N–H and O–H groups in total. The Labute approximate surface area is 227 Å². The highest BCUT2D eigenvalue weighted by Gasteiger charge is 2.49. The number of aromatic nitrogens is 3. The van der Waals surface area contributed by atoms with E-state index in [-0.39, 0.29) is 23.7 Å². The van der Waals surface area contributed by atoms with Crippen LogP contribution in [0.15, 0.2) is 30.5 Å². The summed E-state index contributed by atoms with van der Waals surface area (Å²) in [4.78, 5) is 25.4. The average molecular weight is 529 g/mol. The van der Waals surface area contributed by atoms with Gasteiger partial charge in [-0.25, -0.2) is 9.97 Å². The molecule has 1 aliphatic carbocycles. The average Bonchev–Trinajstić information content (AvgIpc) is 2.98. The summed E-state index contributed by atoms with van der Waals surface area (Å²) in [5.74, 6) is 1.45. The summed E-state index contributed by atoms with van der Waals surface area (Å²) in [5, 5.41) is 16.3. The molecule has 3 fully saturated rings. The van der Waals surface area contributed by atoms with E-state index in [2.05, 4.69) is 33.6 Å². The molecule has 1 saturated carbocycles. The molecule has 10 heteroatoms. The summed E-state index contributed by atoms with van der Waals surface area (Å²) in [5.41, 5.74) is 3.53. The Hall–Kier alpha value is -3.81. The molecular formula is C29H32N6O4. The van der Waals surface area contributed by atoms with E-state index in [0.29, 0.717) is 49.2 Å². The molecule has 7 rings (SSSR count). The number of hydrogen-bond donors (Lipinski definition) is 2. The quantitative estimate of drug-likeness (QED) is 0.425. The van der Waals surface area contributed by atoms with Crippen LogP contribution in [0.25, 0.3) is 11.0 Å². The van der Waals surface area contributed by atoms with Gasteiger partial charge in [0.1, 0.15) is 6.07 Å². The number of carbonyl (C=O) groups is 1. The van der Waals surface area contributed by atoms with Crippen molar-refractivity contribution in [1.29, 1.82) is 5.26 Å². The highest BCUT2D eigenvalue weighted by atomic mass is 16.5. The first-order valence-corrected chi connectivity index (χ1v) is 13.6.